The molecule has 102 valence electrons. The maximum Gasteiger partial charge on any atom is 0.308 e. The van der Waals surface area contributed by atoms with Crippen molar-refractivity contribution in [3.63, 3.8) is 0 Å². The van der Waals surface area contributed by atoms with Crippen molar-refractivity contribution in [2.45, 2.75) is 13.8 Å². The van der Waals surface area contributed by atoms with Crippen molar-refractivity contribution in [1.82, 2.24) is 9.97 Å². The van der Waals surface area contributed by atoms with Crippen LogP contribution in [0.2, 0.25) is 0 Å². The van der Waals surface area contributed by atoms with Gasteiger partial charge in [0.15, 0.2) is 5.82 Å². The zero-order valence-electron chi connectivity index (χ0n) is 11.0. The number of aromatic nitrogens is 2. The Morgan fingerprint density at radius 3 is 1.85 bits per heavy atom. The third-order valence-corrected chi connectivity index (χ3v) is 2.28. The molecule has 1 aromatic carbocycles. The lowest BCUT2D eigenvalue weighted by molar-refractivity contribution is -0.132. The molecule has 0 atom stereocenters. The maximum absolute atomic E-state index is 11.2. The minimum absolute atomic E-state index is 0.238. The van der Waals surface area contributed by atoms with Gasteiger partial charge in [0.2, 0.25) is 0 Å². The highest BCUT2D eigenvalue weighted by Crippen LogP contribution is 2.36. The van der Waals surface area contributed by atoms with Gasteiger partial charge in [0.05, 0.1) is 0 Å². The smallest absolute Gasteiger partial charge is 0.308 e. The van der Waals surface area contributed by atoms with E-state index in [1.54, 1.807) is 36.7 Å². The lowest BCUT2D eigenvalue weighted by Crippen LogP contribution is -2.07. The van der Waals surface area contributed by atoms with Crippen LogP contribution < -0.4 is 9.47 Å². The molecule has 1 heterocycles. The Bertz CT molecular complexity index is 607. The van der Waals surface area contributed by atoms with Gasteiger partial charge in [-0.3, -0.25) is 9.59 Å². The molecule has 0 aliphatic rings. The Labute approximate surface area is 115 Å². The van der Waals surface area contributed by atoms with Gasteiger partial charge in [0.1, 0.15) is 17.1 Å². The highest BCUT2D eigenvalue weighted by Gasteiger charge is 2.18. The van der Waals surface area contributed by atoms with Gasteiger partial charge in [-0.25, -0.2) is 9.97 Å². The summed E-state index contributed by atoms with van der Waals surface area (Å²) < 4.78 is 10.2. The summed E-state index contributed by atoms with van der Waals surface area (Å²) >= 11 is 0. The molecule has 0 saturated carbocycles. The lowest BCUT2D eigenvalue weighted by atomic mass is 10.1. The largest absolute Gasteiger partial charge is 0.426 e. The van der Waals surface area contributed by atoms with E-state index in [-0.39, 0.29) is 11.5 Å². The van der Waals surface area contributed by atoms with E-state index in [1.807, 2.05) is 0 Å². The second-order valence-electron chi connectivity index (χ2n) is 3.89. The summed E-state index contributed by atoms with van der Waals surface area (Å²) in [5.74, 6) is -0.185. The summed E-state index contributed by atoms with van der Waals surface area (Å²) in [6, 6.07) is 6.44. The second-order valence-corrected chi connectivity index (χ2v) is 3.89. The van der Waals surface area contributed by atoms with Crippen molar-refractivity contribution in [1.29, 1.82) is 0 Å². The normalized spacial score (nSPS) is 9.90. The number of hydrogen-bond acceptors (Lipinski definition) is 6. The summed E-state index contributed by atoms with van der Waals surface area (Å²) in [5, 5.41) is 0. The molecule has 20 heavy (non-hydrogen) atoms. The van der Waals surface area contributed by atoms with Crippen LogP contribution in [0.4, 0.5) is 0 Å². The molecule has 0 fully saturated rings. The average molecular weight is 272 g/mol. The van der Waals surface area contributed by atoms with E-state index < -0.39 is 11.9 Å². The molecule has 0 unspecified atom stereocenters. The molecule has 6 heteroatoms. The molecule has 1 aromatic heterocycles. The topological polar surface area (TPSA) is 78.4 Å². The van der Waals surface area contributed by atoms with Gasteiger partial charge in [-0.15, -0.1) is 0 Å². The van der Waals surface area contributed by atoms with Crippen LogP contribution in [0.1, 0.15) is 13.8 Å². The number of nitrogens with zero attached hydrogens (tertiary/aromatic N) is 2. The van der Waals surface area contributed by atoms with Crippen LogP contribution in [0.5, 0.6) is 11.5 Å². The monoisotopic (exact) mass is 272 g/mol. The summed E-state index contributed by atoms with van der Waals surface area (Å²) in [6.45, 7) is 2.57. The summed E-state index contributed by atoms with van der Waals surface area (Å²) in [6.07, 6.45) is 3.09. The van der Waals surface area contributed by atoms with E-state index in [2.05, 4.69) is 9.97 Å². The predicted octanol–water partition coefficient (Wildman–Crippen LogP) is 1.99. The third kappa shape index (κ3) is 3.17. The molecule has 0 amide bonds. The molecule has 0 bridgehead atoms. The van der Waals surface area contributed by atoms with Crippen LogP contribution in [0.3, 0.4) is 0 Å². The second kappa shape index (κ2) is 5.92. The van der Waals surface area contributed by atoms with Crippen LogP contribution in [0.25, 0.3) is 11.4 Å². The van der Waals surface area contributed by atoms with Gasteiger partial charge in [-0.2, -0.15) is 0 Å². The third-order valence-electron chi connectivity index (χ3n) is 2.28. The zero-order chi connectivity index (χ0) is 14.5. The van der Waals surface area contributed by atoms with E-state index in [9.17, 15) is 9.59 Å². The van der Waals surface area contributed by atoms with E-state index in [4.69, 9.17) is 9.47 Å². The first kappa shape index (κ1) is 13.7. The Morgan fingerprint density at radius 2 is 1.40 bits per heavy atom. The standard InChI is InChI=1S/C14H12N2O4/c1-9(17)19-11-5-3-6-12(20-10(2)18)13(11)14-15-7-4-8-16-14/h3-8H,1-2H3. The first-order chi connectivity index (χ1) is 9.58. The van der Waals surface area contributed by atoms with E-state index in [0.29, 0.717) is 11.4 Å². The molecule has 0 aliphatic heterocycles. The van der Waals surface area contributed by atoms with Crippen molar-refractivity contribution >= 4 is 11.9 Å². The molecule has 2 aromatic rings. The van der Waals surface area contributed by atoms with E-state index in [0.717, 1.165) is 0 Å². The molecule has 6 nitrogen and oxygen atoms in total. The first-order valence-corrected chi connectivity index (χ1v) is 5.85. The highest BCUT2D eigenvalue weighted by molar-refractivity contribution is 5.80. The number of esters is 2. The number of benzene rings is 1. The number of ether oxygens (including phenoxy) is 2. The van der Waals surface area contributed by atoms with Crippen LogP contribution in [0.15, 0.2) is 36.7 Å². The van der Waals surface area contributed by atoms with Crippen molar-refractivity contribution in [3.8, 4) is 22.9 Å². The van der Waals surface area contributed by atoms with Crippen LogP contribution in [-0.2, 0) is 9.59 Å². The molecular formula is C14H12N2O4. The Morgan fingerprint density at radius 1 is 0.900 bits per heavy atom. The number of hydrogen-bond donors (Lipinski definition) is 0. The average Bonchev–Trinajstić information content (AvgIpc) is 2.38. The van der Waals surface area contributed by atoms with Crippen molar-refractivity contribution < 1.29 is 19.1 Å². The maximum atomic E-state index is 11.2. The van der Waals surface area contributed by atoms with Gasteiger partial charge in [0.25, 0.3) is 0 Å². The summed E-state index contributed by atoms with van der Waals surface area (Å²) in [5.41, 5.74) is 0.360. The van der Waals surface area contributed by atoms with Crippen molar-refractivity contribution in [3.05, 3.63) is 36.7 Å². The Hall–Kier alpha value is -2.76. The fraction of sp³-hybridized carbons (Fsp3) is 0.143. The molecule has 0 aliphatic carbocycles. The zero-order valence-corrected chi connectivity index (χ0v) is 11.0. The Balaban J connectivity index is 2.58. The van der Waals surface area contributed by atoms with Crippen LogP contribution >= 0.6 is 0 Å². The fourth-order valence-electron chi connectivity index (χ4n) is 1.64. The lowest BCUT2D eigenvalue weighted by Gasteiger charge is -2.12. The molecule has 2 rings (SSSR count). The quantitative estimate of drug-likeness (QED) is 0.628. The van der Waals surface area contributed by atoms with Gasteiger partial charge < -0.3 is 9.47 Å². The Kier molecular flexibility index (Phi) is 4.05. The highest BCUT2D eigenvalue weighted by atomic mass is 16.5. The molecule has 0 spiro atoms. The van der Waals surface area contributed by atoms with Crippen molar-refractivity contribution in [2.24, 2.45) is 0 Å². The van der Waals surface area contributed by atoms with Gasteiger partial charge in [-0.1, -0.05) is 6.07 Å². The number of rotatable bonds is 3. The van der Waals surface area contributed by atoms with Gasteiger partial charge in [0, 0.05) is 26.2 Å². The molecule has 0 saturated heterocycles. The predicted molar refractivity (Wildman–Crippen MR) is 70.1 cm³/mol. The van der Waals surface area contributed by atoms with Gasteiger partial charge >= 0.3 is 11.9 Å². The SMILES string of the molecule is CC(=O)Oc1cccc(OC(C)=O)c1-c1ncccn1. The van der Waals surface area contributed by atoms with Gasteiger partial charge in [-0.05, 0) is 18.2 Å². The van der Waals surface area contributed by atoms with Crippen molar-refractivity contribution in [2.75, 3.05) is 0 Å². The summed E-state index contributed by atoms with van der Waals surface area (Å²) in [7, 11) is 0. The minimum atomic E-state index is -0.484. The number of carbonyl (C=O) groups is 2. The molecular weight excluding hydrogens is 260 g/mol. The van der Waals surface area contributed by atoms with Crippen LogP contribution in [-0.4, -0.2) is 21.9 Å². The van der Waals surface area contributed by atoms with Crippen LogP contribution in [0, 0.1) is 0 Å². The first-order valence-electron chi connectivity index (χ1n) is 5.85. The fourth-order valence-corrected chi connectivity index (χ4v) is 1.64. The van der Waals surface area contributed by atoms with E-state index >= 15 is 0 Å². The number of carbonyl (C=O) groups excluding carboxylic acids is 2. The molecule has 0 N–H and O–H groups in total. The minimum Gasteiger partial charge on any atom is -0.426 e. The van der Waals surface area contributed by atoms with E-state index in [1.165, 1.54) is 13.8 Å². The summed E-state index contributed by atoms with van der Waals surface area (Å²) in [4.78, 5) is 30.5. The molecule has 0 radical (unpaired) electrons.